The van der Waals surface area contributed by atoms with E-state index >= 15 is 0 Å². The Hall–Kier alpha value is -5.05. The molecule has 1 saturated heterocycles. The predicted molar refractivity (Wildman–Crippen MR) is 177 cm³/mol. The largest absolute Gasteiger partial charge is 0.467 e. The van der Waals surface area contributed by atoms with E-state index in [0.29, 0.717) is 31.5 Å². The fourth-order valence-corrected chi connectivity index (χ4v) is 6.28. The van der Waals surface area contributed by atoms with Crippen molar-refractivity contribution in [2.75, 3.05) is 35.3 Å². The molecule has 0 radical (unpaired) electrons. The lowest BCUT2D eigenvalue weighted by Crippen LogP contribution is -2.60. The van der Waals surface area contributed by atoms with E-state index < -0.39 is 17.3 Å². The lowest BCUT2D eigenvalue weighted by molar-refractivity contribution is -0.137. The first-order valence-electron chi connectivity index (χ1n) is 16.1. The van der Waals surface area contributed by atoms with E-state index in [1.54, 1.807) is 36.5 Å². The lowest BCUT2D eigenvalue weighted by Gasteiger charge is -2.45. The summed E-state index contributed by atoms with van der Waals surface area (Å²) in [5.74, 6) is 0.314. The molecule has 0 unspecified atom stereocenters. The van der Waals surface area contributed by atoms with Crippen molar-refractivity contribution in [3.63, 3.8) is 0 Å². The topological polar surface area (TPSA) is 142 Å². The average Bonchev–Trinajstić information content (AvgIpc) is 3.08. The quantitative estimate of drug-likeness (QED) is 0.204. The van der Waals surface area contributed by atoms with Gasteiger partial charge in [0.25, 0.3) is 0 Å². The Balaban J connectivity index is 1.18. The number of anilines is 3. The molecule has 1 aliphatic heterocycles. The van der Waals surface area contributed by atoms with E-state index in [-0.39, 0.29) is 55.0 Å². The number of β-amino-alcohol motifs (C(OH)–C–C–N with tert-alkyl or cyclic N) is 1. The standard InChI is InChI=1S/C34H38F3N9O3/c1-21(22-7-5-4-6-8-22)42-32(47)46(28-14-9-23(15-38-28)24-16-40-31(49-3)41-17-24)26-12-10-25(11-13-26)43-30-39-18-27(34(35,36)37)29(44-30)45-19-33(2,48)20-45/h4-9,14-18,21,25-26,48H,10-13,19-20H2,1-3H3,(H,42,47)(H,39,43,44)/t21-,25-,26-/m1/s1. The number of hydrogen-bond acceptors (Lipinski definition) is 10. The van der Waals surface area contributed by atoms with Crippen LogP contribution in [-0.2, 0) is 6.18 Å². The second kappa shape index (κ2) is 13.8. The van der Waals surface area contributed by atoms with Gasteiger partial charge in [0.1, 0.15) is 17.2 Å². The van der Waals surface area contributed by atoms with Crippen LogP contribution in [0.4, 0.5) is 35.5 Å². The highest BCUT2D eigenvalue weighted by atomic mass is 19.4. The summed E-state index contributed by atoms with van der Waals surface area (Å²) < 4.78 is 46.3. The van der Waals surface area contributed by atoms with E-state index in [0.717, 1.165) is 22.9 Å². The van der Waals surface area contributed by atoms with Gasteiger partial charge in [-0.2, -0.15) is 18.2 Å². The molecule has 2 fully saturated rings. The third-order valence-corrected chi connectivity index (χ3v) is 8.83. The molecule has 0 bridgehead atoms. The average molecular weight is 678 g/mol. The molecule has 2 amide bonds. The molecule has 2 aliphatic rings. The number of amides is 2. The van der Waals surface area contributed by atoms with Gasteiger partial charge in [0.15, 0.2) is 0 Å². The number of methoxy groups -OCH3 is 1. The molecule has 258 valence electrons. The number of halogens is 3. The number of rotatable bonds is 9. The van der Waals surface area contributed by atoms with Crippen LogP contribution in [0.1, 0.15) is 56.7 Å². The summed E-state index contributed by atoms with van der Waals surface area (Å²) in [7, 11) is 1.49. The number of ether oxygens (including phenoxy) is 1. The van der Waals surface area contributed by atoms with E-state index in [1.165, 1.54) is 12.0 Å². The number of aromatic nitrogens is 5. The van der Waals surface area contributed by atoms with Gasteiger partial charge in [-0.1, -0.05) is 30.3 Å². The van der Waals surface area contributed by atoms with Gasteiger partial charge in [-0.25, -0.2) is 24.7 Å². The van der Waals surface area contributed by atoms with Crippen LogP contribution in [0, 0.1) is 0 Å². The number of nitrogens with zero attached hydrogens (tertiary/aromatic N) is 7. The summed E-state index contributed by atoms with van der Waals surface area (Å²) >= 11 is 0. The van der Waals surface area contributed by atoms with E-state index in [1.807, 2.05) is 43.3 Å². The zero-order chi connectivity index (χ0) is 34.8. The van der Waals surface area contributed by atoms with Crippen LogP contribution in [-0.4, -0.2) is 73.9 Å². The van der Waals surface area contributed by atoms with Gasteiger partial charge in [0, 0.05) is 61.1 Å². The van der Waals surface area contributed by atoms with E-state index in [9.17, 15) is 23.1 Å². The van der Waals surface area contributed by atoms with Crippen LogP contribution in [0.15, 0.2) is 67.3 Å². The predicted octanol–water partition coefficient (Wildman–Crippen LogP) is 5.63. The van der Waals surface area contributed by atoms with Crippen LogP contribution in [0.25, 0.3) is 11.1 Å². The summed E-state index contributed by atoms with van der Waals surface area (Å²) in [6, 6.07) is 12.7. The van der Waals surface area contributed by atoms with Gasteiger partial charge in [-0.05, 0) is 57.2 Å². The van der Waals surface area contributed by atoms with Gasteiger partial charge in [0.05, 0.1) is 18.8 Å². The van der Waals surface area contributed by atoms with Gasteiger partial charge < -0.3 is 25.4 Å². The maximum atomic E-state index is 13.9. The normalized spacial score (nSPS) is 19.4. The van der Waals surface area contributed by atoms with Crippen molar-refractivity contribution in [2.24, 2.45) is 0 Å². The number of alkyl halides is 3. The number of urea groups is 1. The van der Waals surface area contributed by atoms with Crippen molar-refractivity contribution in [1.82, 2.24) is 30.2 Å². The summed E-state index contributed by atoms with van der Waals surface area (Å²) in [4.78, 5) is 38.2. The molecule has 1 saturated carbocycles. The number of nitrogens with one attached hydrogen (secondary N) is 2. The highest BCUT2D eigenvalue weighted by molar-refractivity contribution is 5.92. The second-order valence-corrected chi connectivity index (χ2v) is 12.7. The highest BCUT2D eigenvalue weighted by Crippen LogP contribution is 2.39. The Morgan fingerprint density at radius 3 is 2.24 bits per heavy atom. The third kappa shape index (κ3) is 7.82. The van der Waals surface area contributed by atoms with E-state index in [4.69, 9.17) is 4.74 Å². The molecule has 1 atom stereocenters. The minimum Gasteiger partial charge on any atom is -0.467 e. The summed E-state index contributed by atoms with van der Waals surface area (Å²) in [5.41, 5.74) is 0.463. The van der Waals surface area contributed by atoms with Crippen molar-refractivity contribution < 1.29 is 27.8 Å². The maximum Gasteiger partial charge on any atom is 0.421 e. The van der Waals surface area contributed by atoms with Crippen LogP contribution < -0.4 is 25.2 Å². The lowest BCUT2D eigenvalue weighted by atomic mass is 9.90. The van der Waals surface area contributed by atoms with Crippen LogP contribution in [0.5, 0.6) is 6.01 Å². The molecule has 4 heterocycles. The first kappa shape index (κ1) is 33.8. The molecule has 6 rings (SSSR count). The summed E-state index contributed by atoms with van der Waals surface area (Å²) in [5, 5.41) is 16.4. The molecule has 1 aromatic carbocycles. The summed E-state index contributed by atoms with van der Waals surface area (Å²) in [6.45, 7) is 3.58. The number of benzene rings is 1. The van der Waals surface area contributed by atoms with Crippen LogP contribution >= 0.6 is 0 Å². The van der Waals surface area contributed by atoms with Gasteiger partial charge >= 0.3 is 18.2 Å². The van der Waals surface area contributed by atoms with Gasteiger partial charge in [-0.15, -0.1) is 0 Å². The smallest absolute Gasteiger partial charge is 0.421 e. The minimum absolute atomic E-state index is 0.0430. The number of aliphatic hydroxyl groups is 1. The summed E-state index contributed by atoms with van der Waals surface area (Å²) in [6.07, 6.45) is 3.53. The van der Waals surface area contributed by atoms with Crippen molar-refractivity contribution in [1.29, 1.82) is 0 Å². The molecule has 4 aromatic rings. The highest BCUT2D eigenvalue weighted by Gasteiger charge is 2.43. The molecule has 15 heteroatoms. The van der Waals surface area contributed by atoms with Crippen molar-refractivity contribution in [3.05, 3.63) is 78.4 Å². The number of carbonyl (C=O) groups excluding carboxylic acids is 1. The fraction of sp³-hybridized carbons (Fsp3) is 0.412. The van der Waals surface area contributed by atoms with Crippen molar-refractivity contribution in [2.45, 2.75) is 69.4 Å². The van der Waals surface area contributed by atoms with E-state index in [2.05, 4.69) is 35.6 Å². The van der Waals surface area contributed by atoms with Gasteiger partial charge in [-0.3, -0.25) is 4.90 Å². The first-order chi connectivity index (χ1) is 23.4. The third-order valence-electron chi connectivity index (χ3n) is 8.83. The number of carbonyl (C=O) groups is 1. The Kier molecular flexibility index (Phi) is 9.54. The van der Waals surface area contributed by atoms with Gasteiger partial charge in [0.2, 0.25) is 5.95 Å². The number of pyridine rings is 1. The van der Waals surface area contributed by atoms with Crippen LogP contribution in [0.2, 0.25) is 0 Å². The fourth-order valence-electron chi connectivity index (χ4n) is 6.28. The van der Waals surface area contributed by atoms with Crippen molar-refractivity contribution in [3.8, 4) is 17.1 Å². The molecular formula is C34H38F3N9O3. The molecule has 0 spiro atoms. The Morgan fingerprint density at radius 2 is 1.65 bits per heavy atom. The maximum absolute atomic E-state index is 13.9. The first-order valence-corrected chi connectivity index (χ1v) is 16.1. The Labute approximate surface area is 281 Å². The van der Waals surface area contributed by atoms with Crippen molar-refractivity contribution >= 4 is 23.6 Å². The monoisotopic (exact) mass is 677 g/mol. The number of hydrogen-bond donors (Lipinski definition) is 3. The second-order valence-electron chi connectivity index (χ2n) is 12.7. The molecule has 3 aromatic heterocycles. The Bertz CT molecular complexity index is 1730. The zero-order valence-electron chi connectivity index (χ0n) is 27.4. The SMILES string of the molecule is COc1ncc(-c2ccc(N(C(=O)N[C@H](C)c3ccccc3)[C@H]3CC[C@H](Nc4ncc(C(F)(F)F)c(N5CC(C)(O)C5)n4)CC3)nc2)cn1. The Morgan fingerprint density at radius 1 is 0.980 bits per heavy atom. The molecule has 12 nitrogen and oxygen atoms in total. The molecule has 1 aliphatic carbocycles. The minimum atomic E-state index is -4.63. The van der Waals surface area contributed by atoms with Crippen LogP contribution in [0.3, 0.4) is 0 Å². The zero-order valence-corrected chi connectivity index (χ0v) is 27.4. The molecule has 49 heavy (non-hydrogen) atoms. The molecule has 3 N–H and O–H groups in total. The molecular weight excluding hydrogens is 639 g/mol.